The number of amides is 1. The smallest absolute Gasteiger partial charge is 0.249 e. The van der Waals surface area contributed by atoms with Gasteiger partial charge in [-0.3, -0.25) is 4.79 Å². The highest BCUT2D eigenvalue weighted by Crippen LogP contribution is 2.16. The largest absolute Gasteiger partial charge is 0.465 e. The summed E-state index contributed by atoms with van der Waals surface area (Å²) >= 11 is 0. The molecule has 2 heterocycles. The molecular formula is C17H19N5O2. The Morgan fingerprint density at radius 1 is 1.21 bits per heavy atom. The lowest BCUT2D eigenvalue weighted by Crippen LogP contribution is -2.24. The van der Waals surface area contributed by atoms with Crippen LogP contribution in [0.5, 0.6) is 0 Å². The SMILES string of the molecule is Cc1ccc(CNc2ccc(NC(=O)[C@H](C)n3cncn3)cc2)o1. The van der Waals surface area contributed by atoms with Gasteiger partial charge in [-0.25, -0.2) is 9.67 Å². The lowest BCUT2D eigenvalue weighted by atomic mass is 10.2. The van der Waals surface area contributed by atoms with E-state index in [0.29, 0.717) is 6.54 Å². The average Bonchev–Trinajstić information content (AvgIpc) is 3.25. The van der Waals surface area contributed by atoms with Gasteiger partial charge in [0.2, 0.25) is 5.91 Å². The molecule has 3 rings (SSSR count). The van der Waals surface area contributed by atoms with E-state index >= 15 is 0 Å². The first-order chi connectivity index (χ1) is 11.6. The highest BCUT2D eigenvalue weighted by molar-refractivity contribution is 5.93. The average molecular weight is 325 g/mol. The van der Waals surface area contributed by atoms with Crippen LogP contribution in [0, 0.1) is 6.92 Å². The molecule has 7 heteroatoms. The van der Waals surface area contributed by atoms with Crippen LogP contribution in [0.25, 0.3) is 0 Å². The van der Waals surface area contributed by atoms with Crippen molar-refractivity contribution in [2.45, 2.75) is 26.4 Å². The van der Waals surface area contributed by atoms with Gasteiger partial charge >= 0.3 is 0 Å². The second kappa shape index (κ2) is 6.99. The Labute approximate surface area is 139 Å². The maximum Gasteiger partial charge on any atom is 0.249 e. The van der Waals surface area contributed by atoms with E-state index in [1.165, 1.54) is 17.3 Å². The second-order valence-corrected chi connectivity index (χ2v) is 5.48. The number of anilines is 2. The number of aryl methyl sites for hydroxylation is 1. The topological polar surface area (TPSA) is 85.0 Å². The summed E-state index contributed by atoms with van der Waals surface area (Å²) in [5, 5.41) is 10.1. The number of carbonyl (C=O) groups excluding carboxylic acids is 1. The number of carbonyl (C=O) groups is 1. The first-order valence-electron chi connectivity index (χ1n) is 7.66. The number of benzene rings is 1. The van der Waals surface area contributed by atoms with Gasteiger partial charge in [-0.05, 0) is 50.2 Å². The van der Waals surface area contributed by atoms with Gasteiger partial charge in [0.05, 0.1) is 6.54 Å². The van der Waals surface area contributed by atoms with E-state index in [1.54, 1.807) is 6.92 Å². The quantitative estimate of drug-likeness (QED) is 0.728. The summed E-state index contributed by atoms with van der Waals surface area (Å²) in [6.45, 7) is 4.30. The molecule has 7 nitrogen and oxygen atoms in total. The number of nitrogens with zero attached hydrogens (tertiary/aromatic N) is 3. The van der Waals surface area contributed by atoms with Crippen molar-refractivity contribution in [3.63, 3.8) is 0 Å². The third-order valence-corrected chi connectivity index (χ3v) is 3.63. The maximum absolute atomic E-state index is 12.2. The summed E-state index contributed by atoms with van der Waals surface area (Å²) < 4.78 is 7.02. The molecule has 2 aromatic heterocycles. The van der Waals surface area contributed by atoms with Crippen molar-refractivity contribution in [3.8, 4) is 0 Å². The zero-order valence-corrected chi connectivity index (χ0v) is 13.6. The molecule has 0 aliphatic rings. The van der Waals surface area contributed by atoms with E-state index in [9.17, 15) is 4.79 Å². The van der Waals surface area contributed by atoms with Crippen LogP contribution in [-0.4, -0.2) is 20.7 Å². The summed E-state index contributed by atoms with van der Waals surface area (Å²) in [5.74, 6) is 1.63. The molecule has 0 unspecified atom stereocenters. The van der Waals surface area contributed by atoms with Gasteiger partial charge in [0.1, 0.15) is 30.2 Å². The monoisotopic (exact) mass is 325 g/mol. The predicted molar refractivity (Wildman–Crippen MR) is 90.6 cm³/mol. The van der Waals surface area contributed by atoms with E-state index in [-0.39, 0.29) is 5.91 Å². The van der Waals surface area contributed by atoms with E-state index in [1.807, 2.05) is 43.3 Å². The van der Waals surface area contributed by atoms with Crippen molar-refractivity contribution in [2.24, 2.45) is 0 Å². The standard InChI is InChI=1S/C17H19N5O2/c1-12-3-8-16(24-12)9-19-14-4-6-15(7-5-14)21-17(23)13(2)22-11-18-10-20-22/h3-8,10-11,13,19H,9H2,1-2H3,(H,21,23)/t13-/m0/s1. The fourth-order valence-corrected chi connectivity index (χ4v) is 2.22. The van der Waals surface area contributed by atoms with Crippen molar-refractivity contribution >= 4 is 17.3 Å². The molecule has 0 aliphatic carbocycles. The first kappa shape index (κ1) is 15.8. The van der Waals surface area contributed by atoms with Gasteiger partial charge in [0.25, 0.3) is 0 Å². The molecule has 0 saturated heterocycles. The van der Waals surface area contributed by atoms with E-state index in [0.717, 1.165) is 22.9 Å². The number of aromatic nitrogens is 3. The van der Waals surface area contributed by atoms with Gasteiger partial charge in [0.15, 0.2) is 0 Å². The lowest BCUT2D eigenvalue weighted by molar-refractivity contribution is -0.119. The van der Waals surface area contributed by atoms with Gasteiger partial charge in [-0.1, -0.05) is 0 Å². The second-order valence-electron chi connectivity index (χ2n) is 5.48. The highest BCUT2D eigenvalue weighted by atomic mass is 16.3. The fraction of sp³-hybridized carbons (Fsp3) is 0.235. The zero-order valence-electron chi connectivity index (χ0n) is 13.6. The Morgan fingerprint density at radius 3 is 2.58 bits per heavy atom. The van der Waals surface area contributed by atoms with Crippen molar-refractivity contribution in [3.05, 3.63) is 60.6 Å². The van der Waals surface area contributed by atoms with E-state index in [2.05, 4.69) is 20.7 Å². The first-order valence-corrected chi connectivity index (χ1v) is 7.66. The molecular weight excluding hydrogens is 306 g/mol. The van der Waals surface area contributed by atoms with Crippen LogP contribution in [-0.2, 0) is 11.3 Å². The molecule has 0 fully saturated rings. The Morgan fingerprint density at radius 2 is 1.96 bits per heavy atom. The molecule has 2 N–H and O–H groups in total. The van der Waals surface area contributed by atoms with Crippen LogP contribution in [0.3, 0.4) is 0 Å². The summed E-state index contributed by atoms with van der Waals surface area (Å²) in [6.07, 6.45) is 2.93. The molecule has 0 spiro atoms. The van der Waals surface area contributed by atoms with E-state index < -0.39 is 6.04 Å². The van der Waals surface area contributed by atoms with Crippen molar-refractivity contribution in [2.75, 3.05) is 10.6 Å². The Balaban J connectivity index is 1.55. The number of hydrogen-bond donors (Lipinski definition) is 2. The summed E-state index contributed by atoms with van der Waals surface area (Å²) in [4.78, 5) is 16.0. The van der Waals surface area contributed by atoms with Crippen LogP contribution in [0.15, 0.2) is 53.5 Å². The molecule has 1 atom stereocenters. The Kier molecular flexibility index (Phi) is 4.60. The molecule has 3 aromatic rings. The molecule has 0 saturated carbocycles. The highest BCUT2D eigenvalue weighted by Gasteiger charge is 2.15. The van der Waals surface area contributed by atoms with Gasteiger partial charge in [-0.2, -0.15) is 5.10 Å². The van der Waals surface area contributed by atoms with Crippen molar-refractivity contribution in [1.29, 1.82) is 0 Å². The Bertz CT molecular complexity index is 793. The predicted octanol–water partition coefficient (Wildman–Crippen LogP) is 2.99. The minimum atomic E-state index is -0.424. The third-order valence-electron chi connectivity index (χ3n) is 3.63. The number of nitrogens with one attached hydrogen (secondary N) is 2. The molecule has 0 bridgehead atoms. The molecule has 0 radical (unpaired) electrons. The zero-order chi connectivity index (χ0) is 16.9. The van der Waals surface area contributed by atoms with Gasteiger partial charge in [0, 0.05) is 11.4 Å². The van der Waals surface area contributed by atoms with Crippen molar-refractivity contribution < 1.29 is 9.21 Å². The van der Waals surface area contributed by atoms with Crippen LogP contribution in [0.1, 0.15) is 24.5 Å². The van der Waals surface area contributed by atoms with Crippen LogP contribution in [0.4, 0.5) is 11.4 Å². The molecule has 0 aliphatic heterocycles. The number of hydrogen-bond acceptors (Lipinski definition) is 5. The lowest BCUT2D eigenvalue weighted by Gasteiger charge is -2.12. The molecule has 1 aromatic carbocycles. The molecule has 1 amide bonds. The van der Waals surface area contributed by atoms with Crippen molar-refractivity contribution in [1.82, 2.24) is 14.8 Å². The van der Waals surface area contributed by atoms with Crippen LogP contribution in [0.2, 0.25) is 0 Å². The normalized spacial score (nSPS) is 11.9. The fourth-order valence-electron chi connectivity index (χ4n) is 2.22. The van der Waals surface area contributed by atoms with Gasteiger partial charge < -0.3 is 15.1 Å². The maximum atomic E-state index is 12.2. The minimum Gasteiger partial charge on any atom is -0.465 e. The summed E-state index contributed by atoms with van der Waals surface area (Å²) in [6, 6.07) is 11.0. The molecule has 24 heavy (non-hydrogen) atoms. The number of furan rings is 1. The summed E-state index contributed by atoms with van der Waals surface area (Å²) in [7, 11) is 0. The van der Waals surface area contributed by atoms with Gasteiger partial charge in [-0.15, -0.1) is 0 Å². The van der Waals surface area contributed by atoms with Crippen LogP contribution < -0.4 is 10.6 Å². The number of rotatable bonds is 6. The molecule has 124 valence electrons. The third kappa shape index (κ3) is 3.81. The van der Waals surface area contributed by atoms with E-state index in [4.69, 9.17) is 4.42 Å². The minimum absolute atomic E-state index is 0.146. The summed E-state index contributed by atoms with van der Waals surface area (Å²) in [5.41, 5.74) is 1.68. The Hall–Kier alpha value is -3.09. The van der Waals surface area contributed by atoms with Crippen LogP contribution >= 0.6 is 0 Å².